The van der Waals surface area contributed by atoms with Crippen LogP contribution in [0.1, 0.15) is 20.3 Å². The zero-order chi connectivity index (χ0) is 15.9. The first-order valence-corrected chi connectivity index (χ1v) is 8.43. The molecule has 0 radical (unpaired) electrons. The number of nitrogens with zero attached hydrogens (tertiary/aromatic N) is 1. The van der Waals surface area contributed by atoms with Crippen LogP contribution in [-0.4, -0.2) is 39.0 Å². The first kappa shape index (κ1) is 17.7. The number of likely N-dealkylation sites (N-methyl/N-ethyl adjacent to an activating group) is 1. The molecule has 5 nitrogen and oxygen atoms in total. The van der Waals surface area contributed by atoms with E-state index in [4.69, 9.17) is 10.5 Å². The first-order chi connectivity index (χ1) is 9.91. The van der Waals surface area contributed by atoms with E-state index >= 15 is 0 Å². The van der Waals surface area contributed by atoms with Crippen molar-refractivity contribution in [3.05, 3.63) is 36.4 Å². The number of ether oxygens (including phenoxy) is 1. The highest BCUT2D eigenvalue weighted by Crippen LogP contribution is 2.20. The normalized spacial score (nSPS) is 11.6. The summed E-state index contributed by atoms with van der Waals surface area (Å²) in [5.74, 6) is 0.644. The molecular formula is C15H24N2O3S. The van der Waals surface area contributed by atoms with Gasteiger partial charge >= 0.3 is 0 Å². The summed E-state index contributed by atoms with van der Waals surface area (Å²) in [6.07, 6.45) is 0.766. The molecule has 0 fully saturated rings. The van der Waals surface area contributed by atoms with Crippen molar-refractivity contribution in [2.24, 2.45) is 5.73 Å². The molecule has 0 aliphatic carbocycles. The van der Waals surface area contributed by atoms with Gasteiger partial charge in [-0.3, -0.25) is 0 Å². The molecule has 0 saturated heterocycles. The monoisotopic (exact) mass is 312 g/mol. The highest BCUT2D eigenvalue weighted by molar-refractivity contribution is 7.89. The second-order valence-corrected chi connectivity index (χ2v) is 6.79. The average molecular weight is 312 g/mol. The molecule has 0 heterocycles. The van der Waals surface area contributed by atoms with Gasteiger partial charge in [0.2, 0.25) is 10.0 Å². The highest BCUT2D eigenvalue weighted by atomic mass is 32.2. The lowest BCUT2D eigenvalue weighted by atomic mass is 10.3. The number of hydrogen-bond donors (Lipinski definition) is 1. The number of hydrogen-bond acceptors (Lipinski definition) is 4. The molecule has 0 spiro atoms. The Morgan fingerprint density at radius 2 is 1.95 bits per heavy atom. The fourth-order valence-corrected chi connectivity index (χ4v) is 3.31. The second-order valence-electron chi connectivity index (χ2n) is 4.85. The largest absolute Gasteiger partial charge is 0.494 e. The van der Waals surface area contributed by atoms with E-state index in [1.54, 1.807) is 24.3 Å². The van der Waals surface area contributed by atoms with Crippen molar-refractivity contribution in [1.82, 2.24) is 4.31 Å². The van der Waals surface area contributed by atoms with Crippen LogP contribution >= 0.6 is 0 Å². The lowest BCUT2D eigenvalue weighted by Gasteiger charge is -2.20. The Balaban J connectivity index is 2.85. The molecule has 0 bridgehead atoms. The van der Waals surface area contributed by atoms with E-state index in [1.807, 2.05) is 13.8 Å². The lowest BCUT2D eigenvalue weighted by Crippen LogP contribution is -2.32. The van der Waals surface area contributed by atoms with Gasteiger partial charge in [-0.25, -0.2) is 8.42 Å². The van der Waals surface area contributed by atoms with Gasteiger partial charge in [-0.2, -0.15) is 4.31 Å². The number of benzene rings is 1. The third-order valence-corrected chi connectivity index (χ3v) is 4.81. The van der Waals surface area contributed by atoms with Crippen LogP contribution in [0.25, 0.3) is 0 Å². The summed E-state index contributed by atoms with van der Waals surface area (Å²) in [7, 11) is -3.49. The van der Waals surface area contributed by atoms with Crippen molar-refractivity contribution in [1.29, 1.82) is 0 Å². The fourth-order valence-electron chi connectivity index (χ4n) is 1.80. The Morgan fingerprint density at radius 3 is 2.43 bits per heavy atom. The summed E-state index contributed by atoms with van der Waals surface area (Å²) in [6, 6.07) is 6.46. The minimum absolute atomic E-state index is 0.261. The van der Waals surface area contributed by atoms with E-state index < -0.39 is 10.0 Å². The number of nitrogens with two attached hydrogens (primary N) is 1. The van der Waals surface area contributed by atoms with Crippen molar-refractivity contribution in [3.8, 4) is 5.75 Å². The van der Waals surface area contributed by atoms with E-state index in [0.717, 1.165) is 12.0 Å². The molecule has 0 amide bonds. The van der Waals surface area contributed by atoms with Gasteiger partial charge in [0.05, 0.1) is 11.5 Å². The van der Waals surface area contributed by atoms with Crippen molar-refractivity contribution in [3.63, 3.8) is 0 Å². The average Bonchev–Trinajstić information content (AvgIpc) is 2.45. The molecule has 0 atom stereocenters. The maximum Gasteiger partial charge on any atom is 0.243 e. The van der Waals surface area contributed by atoms with Gasteiger partial charge < -0.3 is 10.5 Å². The third kappa shape index (κ3) is 5.15. The van der Waals surface area contributed by atoms with Crippen molar-refractivity contribution >= 4 is 10.0 Å². The summed E-state index contributed by atoms with van der Waals surface area (Å²) >= 11 is 0. The molecule has 0 aromatic heterocycles. The standard InChI is InChI=1S/C15H24N2O3S/c1-4-17(12-13(2)3)21(18,19)15-8-6-14(7-9-15)20-11-5-10-16/h6-9H,2,4-5,10-12,16H2,1,3H3. The molecule has 6 heteroatoms. The van der Waals surface area contributed by atoms with Gasteiger partial charge in [0.1, 0.15) is 5.75 Å². The molecule has 0 saturated carbocycles. The van der Waals surface area contributed by atoms with E-state index in [2.05, 4.69) is 6.58 Å². The molecular weight excluding hydrogens is 288 g/mol. The SMILES string of the molecule is C=C(C)CN(CC)S(=O)(=O)c1ccc(OCCCN)cc1. The maximum atomic E-state index is 12.5. The Morgan fingerprint density at radius 1 is 1.33 bits per heavy atom. The highest BCUT2D eigenvalue weighted by Gasteiger charge is 2.22. The lowest BCUT2D eigenvalue weighted by molar-refractivity contribution is 0.313. The smallest absolute Gasteiger partial charge is 0.243 e. The number of rotatable bonds is 9. The predicted octanol–water partition coefficient (Wildman–Crippen LogP) is 2.00. The van der Waals surface area contributed by atoms with Crippen LogP contribution in [0.2, 0.25) is 0 Å². The fraction of sp³-hybridized carbons (Fsp3) is 0.467. The van der Waals surface area contributed by atoms with E-state index in [1.165, 1.54) is 4.31 Å². The van der Waals surface area contributed by atoms with Crippen molar-refractivity contribution in [2.75, 3.05) is 26.2 Å². The van der Waals surface area contributed by atoms with E-state index in [0.29, 0.717) is 32.0 Å². The van der Waals surface area contributed by atoms with Crippen LogP contribution in [0.15, 0.2) is 41.3 Å². The quantitative estimate of drug-likeness (QED) is 0.559. The minimum Gasteiger partial charge on any atom is -0.494 e. The zero-order valence-corrected chi connectivity index (χ0v) is 13.5. The zero-order valence-electron chi connectivity index (χ0n) is 12.7. The van der Waals surface area contributed by atoms with Gasteiger partial charge in [-0.1, -0.05) is 19.1 Å². The van der Waals surface area contributed by atoms with E-state index in [-0.39, 0.29) is 4.90 Å². The summed E-state index contributed by atoms with van der Waals surface area (Å²) in [5.41, 5.74) is 6.20. The van der Waals surface area contributed by atoms with Gasteiger partial charge in [-0.15, -0.1) is 0 Å². The molecule has 2 N–H and O–H groups in total. The summed E-state index contributed by atoms with van der Waals surface area (Å²) < 4.78 is 31.9. The molecule has 118 valence electrons. The van der Waals surface area contributed by atoms with Gasteiger partial charge in [0.15, 0.2) is 0 Å². The van der Waals surface area contributed by atoms with Crippen molar-refractivity contribution in [2.45, 2.75) is 25.2 Å². The topological polar surface area (TPSA) is 72.6 Å². The van der Waals surface area contributed by atoms with E-state index in [9.17, 15) is 8.42 Å². The third-order valence-electron chi connectivity index (χ3n) is 2.88. The van der Waals surface area contributed by atoms with Crippen LogP contribution in [0, 0.1) is 0 Å². The minimum atomic E-state index is -3.49. The summed E-state index contributed by atoms with van der Waals surface area (Å²) in [6.45, 7) is 9.22. The maximum absolute atomic E-state index is 12.5. The molecule has 1 rings (SSSR count). The molecule has 21 heavy (non-hydrogen) atoms. The molecule has 1 aromatic rings. The summed E-state index contributed by atoms with van der Waals surface area (Å²) in [4.78, 5) is 0.261. The van der Waals surface area contributed by atoms with Crippen molar-refractivity contribution < 1.29 is 13.2 Å². The summed E-state index contributed by atoms with van der Waals surface area (Å²) in [5, 5.41) is 0. The van der Waals surface area contributed by atoms with Crippen LogP contribution in [-0.2, 0) is 10.0 Å². The Labute approximate surface area is 127 Å². The van der Waals surface area contributed by atoms with Crippen LogP contribution in [0.5, 0.6) is 5.75 Å². The predicted molar refractivity (Wildman–Crippen MR) is 84.9 cm³/mol. The van der Waals surface area contributed by atoms with Crippen LogP contribution in [0.3, 0.4) is 0 Å². The number of sulfonamides is 1. The molecule has 1 aromatic carbocycles. The Hall–Kier alpha value is -1.37. The van der Waals surface area contributed by atoms with Gasteiger partial charge in [0.25, 0.3) is 0 Å². The molecule has 0 unspecified atom stereocenters. The molecule has 0 aliphatic rings. The van der Waals surface area contributed by atoms with Crippen LogP contribution < -0.4 is 10.5 Å². The van der Waals surface area contributed by atoms with Gasteiger partial charge in [-0.05, 0) is 44.2 Å². The van der Waals surface area contributed by atoms with Gasteiger partial charge in [0, 0.05) is 13.1 Å². The molecule has 0 aliphatic heterocycles. The Kier molecular flexibility index (Phi) is 6.87. The van der Waals surface area contributed by atoms with Crippen LogP contribution in [0.4, 0.5) is 0 Å². The first-order valence-electron chi connectivity index (χ1n) is 6.99. The second kappa shape index (κ2) is 8.17. The Bertz CT molecular complexity index is 553.